The van der Waals surface area contributed by atoms with E-state index in [1.165, 1.54) is 25.3 Å². The minimum absolute atomic E-state index is 0.0676. The molecular formula is C15H14FNO3. The number of benzene rings is 2. The van der Waals surface area contributed by atoms with Gasteiger partial charge in [0.15, 0.2) is 0 Å². The van der Waals surface area contributed by atoms with Crippen LogP contribution in [-0.4, -0.2) is 18.1 Å². The van der Waals surface area contributed by atoms with Crippen molar-refractivity contribution in [1.82, 2.24) is 0 Å². The van der Waals surface area contributed by atoms with Crippen molar-refractivity contribution in [3.05, 3.63) is 53.3 Å². The van der Waals surface area contributed by atoms with Gasteiger partial charge in [-0.2, -0.15) is 0 Å². The number of halogens is 1. The van der Waals surface area contributed by atoms with Crippen LogP contribution in [0.25, 0.3) is 0 Å². The number of phenols is 1. The molecule has 0 aliphatic carbocycles. The van der Waals surface area contributed by atoms with E-state index in [9.17, 15) is 14.3 Å². The van der Waals surface area contributed by atoms with Gasteiger partial charge < -0.3 is 15.2 Å². The van der Waals surface area contributed by atoms with E-state index in [0.29, 0.717) is 17.0 Å². The van der Waals surface area contributed by atoms with Crippen LogP contribution < -0.4 is 10.1 Å². The lowest BCUT2D eigenvalue weighted by molar-refractivity contribution is 0.102. The highest BCUT2D eigenvalue weighted by Crippen LogP contribution is 2.25. The largest absolute Gasteiger partial charge is 0.508 e. The van der Waals surface area contributed by atoms with Crippen molar-refractivity contribution >= 4 is 11.6 Å². The quantitative estimate of drug-likeness (QED) is 0.905. The van der Waals surface area contributed by atoms with E-state index >= 15 is 0 Å². The summed E-state index contributed by atoms with van der Waals surface area (Å²) >= 11 is 0. The summed E-state index contributed by atoms with van der Waals surface area (Å²) in [7, 11) is 1.42. The first-order valence-electron chi connectivity index (χ1n) is 5.96. The molecule has 2 aromatic rings. The molecule has 2 aromatic carbocycles. The molecule has 0 aliphatic heterocycles. The summed E-state index contributed by atoms with van der Waals surface area (Å²) in [4.78, 5) is 12.0. The van der Waals surface area contributed by atoms with Crippen molar-refractivity contribution in [3.63, 3.8) is 0 Å². The van der Waals surface area contributed by atoms with Crippen molar-refractivity contribution in [2.75, 3.05) is 12.4 Å². The summed E-state index contributed by atoms with van der Waals surface area (Å²) in [5, 5.41) is 12.1. The summed E-state index contributed by atoms with van der Waals surface area (Å²) in [6, 6.07) is 8.74. The maximum absolute atomic E-state index is 13.8. The molecule has 4 nitrogen and oxygen atoms in total. The fraction of sp³-hybridized carbons (Fsp3) is 0.133. The molecule has 0 saturated carbocycles. The van der Waals surface area contributed by atoms with Gasteiger partial charge in [-0.1, -0.05) is 6.07 Å². The van der Waals surface area contributed by atoms with Crippen LogP contribution in [0.4, 0.5) is 10.1 Å². The molecule has 0 saturated heterocycles. The average molecular weight is 275 g/mol. The highest BCUT2D eigenvalue weighted by molar-refractivity contribution is 6.05. The minimum atomic E-state index is -0.667. The topological polar surface area (TPSA) is 58.6 Å². The van der Waals surface area contributed by atoms with Crippen molar-refractivity contribution in [1.29, 1.82) is 0 Å². The summed E-state index contributed by atoms with van der Waals surface area (Å²) < 4.78 is 18.7. The standard InChI is InChI=1S/C15H14FNO3/c1-9-13(4-3-5-14(9)18)17-15(19)11-7-6-10(20-2)8-12(11)16/h3-8,18H,1-2H3,(H,17,19). The van der Waals surface area contributed by atoms with Crippen LogP contribution in [0, 0.1) is 12.7 Å². The first kappa shape index (κ1) is 13.9. The van der Waals surface area contributed by atoms with Crippen molar-refractivity contribution < 1.29 is 19.0 Å². The second-order valence-electron chi connectivity index (χ2n) is 4.25. The molecule has 2 N–H and O–H groups in total. The average Bonchev–Trinajstić information content (AvgIpc) is 2.43. The smallest absolute Gasteiger partial charge is 0.258 e. The molecule has 2 rings (SSSR count). The summed E-state index contributed by atoms with van der Waals surface area (Å²) in [6.45, 7) is 1.66. The minimum Gasteiger partial charge on any atom is -0.508 e. The van der Waals surface area contributed by atoms with E-state index in [0.717, 1.165) is 6.07 Å². The second kappa shape index (κ2) is 5.61. The number of aromatic hydroxyl groups is 1. The number of ether oxygens (including phenoxy) is 1. The predicted molar refractivity (Wildman–Crippen MR) is 73.7 cm³/mol. The normalized spacial score (nSPS) is 10.2. The van der Waals surface area contributed by atoms with E-state index in [1.807, 2.05) is 0 Å². The number of rotatable bonds is 3. The number of methoxy groups -OCH3 is 1. The van der Waals surface area contributed by atoms with E-state index < -0.39 is 11.7 Å². The summed E-state index contributed by atoms with van der Waals surface area (Å²) in [5.74, 6) is -0.843. The van der Waals surface area contributed by atoms with E-state index in [4.69, 9.17) is 4.74 Å². The zero-order chi connectivity index (χ0) is 14.7. The maximum Gasteiger partial charge on any atom is 0.258 e. The van der Waals surface area contributed by atoms with Gasteiger partial charge in [-0.15, -0.1) is 0 Å². The molecule has 1 amide bonds. The van der Waals surface area contributed by atoms with Crippen LogP contribution in [0.2, 0.25) is 0 Å². The van der Waals surface area contributed by atoms with Gasteiger partial charge in [0.25, 0.3) is 5.91 Å². The molecule has 0 heterocycles. The first-order valence-corrected chi connectivity index (χ1v) is 5.96. The highest BCUT2D eigenvalue weighted by atomic mass is 19.1. The summed E-state index contributed by atoms with van der Waals surface area (Å²) in [6.07, 6.45) is 0. The number of hydrogen-bond acceptors (Lipinski definition) is 3. The Hall–Kier alpha value is -2.56. The third kappa shape index (κ3) is 2.71. The molecular weight excluding hydrogens is 261 g/mol. The number of carbonyl (C=O) groups excluding carboxylic acids is 1. The molecule has 0 unspecified atom stereocenters. The number of carbonyl (C=O) groups is 1. The van der Waals surface area contributed by atoms with Gasteiger partial charge in [0.1, 0.15) is 17.3 Å². The highest BCUT2D eigenvalue weighted by Gasteiger charge is 2.14. The Labute approximate surface area is 115 Å². The first-order chi connectivity index (χ1) is 9.52. The number of hydrogen-bond donors (Lipinski definition) is 2. The predicted octanol–water partition coefficient (Wildman–Crippen LogP) is 3.10. The molecule has 20 heavy (non-hydrogen) atoms. The molecule has 0 spiro atoms. The Morgan fingerprint density at radius 1 is 1.30 bits per heavy atom. The lowest BCUT2D eigenvalue weighted by Gasteiger charge is -2.10. The fourth-order valence-corrected chi connectivity index (χ4v) is 1.76. The number of anilines is 1. The zero-order valence-corrected chi connectivity index (χ0v) is 11.1. The van der Waals surface area contributed by atoms with E-state index in [2.05, 4.69) is 5.32 Å². The van der Waals surface area contributed by atoms with Crippen molar-refractivity contribution in [2.24, 2.45) is 0 Å². The van der Waals surface area contributed by atoms with Gasteiger partial charge in [0.2, 0.25) is 0 Å². The molecule has 5 heteroatoms. The van der Waals surface area contributed by atoms with Crippen molar-refractivity contribution in [3.8, 4) is 11.5 Å². The third-order valence-corrected chi connectivity index (χ3v) is 2.97. The summed E-state index contributed by atoms with van der Waals surface area (Å²) in [5.41, 5.74) is 0.869. The molecule has 0 bridgehead atoms. The second-order valence-corrected chi connectivity index (χ2v) is 4.25. The van der Waals surface area contributed by atoms with Gasteiger partial charge in [0.05, 0.1) is 12.7 Å². The van der Waals surface area contributed by atoms with Gasteiger partial charge in [-0.3, -0.25) is 4.79 Å². The lowest BCUT2D eigenvalue weighted by atomic mass is 10.1. The van der Waals surface area contributed by atoms with Gasteiger partial charge in [-0.05, 0) is 31.2 Å². The van der Waals surface area contributed by atoms with Gasteiger partial charge >= 0.3 is 0 Å². The SMILES string of the molecule is COc1ccc(C(=O)Nc2cccc(O)c2C)c(F)c1. The Bertz CT molecular complexity index is 656. The number of nitrogens with one attached hydrogen (secondary N) is 1. The molecule has 0 fully saturated rings. The Morgan fingerprint density at radius 2 is 2.05 bits per heavy atom. The van der Waals surface area contributed by atoms with Crippen LogP contribution in [0.15, 0.2) is 36.4 Å². The molecule has 0 aromatic heterocycles. The Morgan fingerprint density at radius 3 is 2.70 bits per heavy atom. The maximum atomic E-state index is 13.8. The third-order valence-electron chi connectivity index (χ3n) is 2.97. The van der Waals surface area contributed by atoms with E-state index in [1.54, 1.807) is 19.1 Å². The monoisotopic (exact) mass is 275 g/mol. The van der Waals surface area contributed by atoms with Crippen molar-refractivity contribution in [2.45, 2.75) is 6.92 Å². The van der Waals surface area contributed by atoms with Crippen LogP contribution in [0.1, 0.15) is 15.9 Å². The molecule has 0 radical (unpaired) electrons. The number of phenolic OH excluding ortho intramolecular Hbond substituents is 1. The zero-order valence-electron chi connectivity index (χ0n) is 11.1. The van der Waals surface area contributed by atoms with Gasteiger partial charge in [-0.25, -0.2) is 4.39 Å². The Kier molecular flexibility index (Phi) is 3.89. The van der Waals surface area contributed by atoms with Crippen LogP contribution in [0.3, 0.4) is 0 Å². The fourth-order valence-electron chi connectivity index (χ4n) is 1.76. The molecule has 0 atom stereocenters. The molecule has 0 aliphatic rings. The van der Waals surface area contributed by atoms with Gasteiger partial charge in [0, 0.05) is 17.3 Å². The lowest BCUT2D eigenvalue weighted by Crippen LogP contribution is -2.14. The van der Waals surface area contributed by atoms with Crippen LogP contribution >= 0.6 is 0 Å². The number of amides is 1. The Balaban J connectivity index is 2.26. The van der Waals surface area contributed by atoms with Crippen LogP contribution in [0.5, 0.6) is 11.5 Å². The van der Waals surface area contributed by atoms with E-state index in [-0.39, 0.29) is 11.3 Å². The van der Waals surface area contributed by atoms with Crippen LogP contribution in [-0.2, 0) is 0 Å². The molecule has 104 valence electrons.